The van der Waals surface area contributed by atoms with Crippen molar-refractivity contribution in [2.24, 2.45) is 0 Å². The van der Waals surface area contributed by atoms with Gasteiger partial charge in [0, 0.05) is 25.6 Å². The highest BCUT2D eigenvalue weighted by atomic mass is 19.4. The average Bonchev–Trinajstić information content (AvgIpc) is 2.95. The summed E-state index contributed by atoms with van der Waals surface area (Å²) < 4.78 is 88.9. The van der Waals surface area contributed by atoms with Gasteiger partial charge in [-0.25, -0.2) is 4.79 Å². The van der Waals surface area contributed by atoms with E-state index in [4.69, 9.17) is 9.47 Å². The van der Waals surface area contributed by atoms with Gasteiger partial charge < -0.3 is 19.5 Å². The maximum atomic E-state index is 13.2. The molecule has 0 aromatic heterocycles. The SMILES string of the molecule is CCO[C@H](C(=O)O)C(CC)c1ccc(OCC(=O)N(Cc2ccc(C(F)(F)F)cc2)Cc2ccc(C(F)(F)F)cc2)cc1. The molecule has 3 rings (SSSR count). The topological polar surface area (TPSA) is 76.1 Å². The zero-order chi connectivity index (χ0) is 31.8. The molecule has 0 aliphatic carbocycles. The molecule has 0 spiro atoms. The van der Waals surface area contributed by atoms with Gasteiger partial charge in [0.05, 0.1) is 11.1 Å². The Hall–Kier alpha value is -4.06. The first-order valence-corrected chi connectivity index (χ1v) is 13.4. The highest BCUT2D eigenvalue weighted by Crippen LogP contribution is 2.31. The summed E-state index contributed by atoms with van der Waals surface area (Å²) in [7, 11) is 0. The Labute approximate surface area is 244 Å². The van der Waals surface area contributed by atoms with E-state index >= 15 is 0 Å². The Morgan fingerprint density at radius 1 is 0.767 bits per heavy atom. The van der Waals surface area contributed by atoms with Crippen LogP contribution in [0.3, 0.4) is 0 Å². The minimum Gasteiger partial charge on any atom is -0.484 e. The van der Waals surface area contributed by atoms with Crippen LogP contribution in [0.15, 0.2) is 72.8 Å². The van der Waals surface area contributed by atoms with Crippen LogP contribution in [-0.4, -0.2) is 41.2 Å². The summed E-state index contributed by atoms with van der Waals surface area (Å²) >= 11 is 0. The van der Waals surface area contributed by atoms with Crippen LogP contribution in [0.25, 0.3) is 0 Å². The van der Waals surface area contributed by atoms with Gasteiger partial charge in [-0.05, 0) is 66.4 Å². The van der Waals surface area contributed by atoms with E-state index in [1.807, 2.05) is 6.92 Å². The van der Waals surface area contributed by atoms with Crippen molar-refractivity contribution in [3.63, 3.8) is 0 Å². The van der Waals surface area contributed by atoms with E-state index in [1.165, 1.54) is 29.2 Å². The lowest BCUT2D eigenvalue weighted by Gasteiger charge is -2.24. The molecule has 0 fully saturated rings. The van der Waals surface area contributed by atoms with Crippen molar-refractivity contribution in [2.75, 3.05) is 13.2 Å². The van der Waals surface area contributed by atoms with Crippen molar-refractivity contribution in [3.05, 3.63) is 101 Å². The van der Waals surface area contributed by atoms with Crippen LogP contribution >= 0.6 is 0 Å². The normalized spacial score (nSPS) is 13.3. The smallest absolute Gasteiger partial charge is 0.416 e. The Kier molecular flexibility index (Phi) is 11.2. The first kappa shape index (κ1) is 33.4. The molecule has 3 aromatic rings. The fraction of sp³-hybridized carbons (Fsp3) is 0.355. The number of nitrogens with zero attached hydrogens (tertiary/aromatic N) is 1. The lowest BCUT2D eigenvalue weighted by Crippen LogP contribution is -2.34. The molecule has 6 nitrogen and oxygen atoms in total. The molecular formula is C31H31F6NO5. The molecular weight excluding hydrogens is 580 g/mol. The van der Waals surface area contributed by atoms with Crippen molar-refractivity contribution < 1.29 is 50.5 Å². The predicted octanol–water partition coefficient (Wildman–Crippen LogP) is 7.32. The number of amides is 1. The third-order valence-electron chi connectivity index (χ3n) is 6.73. The maximum absolute atomic E-state index is 13.2. The van der Waals surface area contributed by atoms with E-state index in [0.717, 1.165) is 24.3 Å². The van der Waals surface area contributed by atoms with Gasteiger partial charge in [0.15, 0.2) is 12.7 Å². The highest BCUT2D eigenvalue weighted by Gasteiger charge is 2.31. The number of ether oxygens (including phenoxy) is 2. The van der Waals surface area contributed by atoms with Gasteiger partial charge >= 0.3 is 18.3 Å². The van der Waals surface area contributed by atoms with Gasteiger partial charge in [-0.15, -0.1) is 0 Å². The van der Waals surface area contributed by atoms with Crippen LogP contribution < -0.4 is 4.74 Å². The number of carboxylic acid groups (broad SMARTS) is 1. The number of alkyl halides is 6. The third-order valence-corrected chi connectivity index (χ3v) is 6.73. The van der Waals surface area contributed by atoms with Crippen LogP contribution in [0.4, 0.5) is 26.3 Å². The van der Waals surface area contributed by atoms with Gasteiger partial charge in [0.25, 0.3) is 5.91 Å². The molecule has 3 aromatic carbocycles. The van der Waals surface area contributed by atoms with Crippen molar-refractivity contribution in [1.29, 1.82) is 0 Å². The monoisotopic (exact) mass is 611 g/mol. The largest absolute Gasteiger partial charge is 0.484 e. The first-order valence-electron chi connectivity index (χ1n) is 13.4. The van der Waals surface area contributed by atoms with Gasteiger partial charge in [-0.1, -0.05) is 43.3 Å². The zero-order valence-corrected chi connectivity index (χ0v) is 23.4. The van der Waals surface area contributed by atoms with Gasteiger partial charge in [-0.3, -0.25) is 4.79 Å². The van der Waals surface area contributed by atoms with E-state index in [9.17, 15) is 41.0 Å². The maximum Gasteiger partial charge on any atom is 0.416 e. The Morgan fingerprint density at radius 3 is 1.60 bits per heavy atom. The van der Waals surface area contributed by atoms with Crippen LogP contribution in [0, 0.1) is 0 Å². The minimum atomic E-state index is -4.54. The molecule has 0 heterocycles. The standard InChI is InChI=1S/C31H31F6NO5/c1-3-26(28(29(40)41)42-4-2)22-9-15-25(16-10-22)43-19-27(39)38(17-20-5-11-23(12-6-20)30(32,33)34)18-21-7-13-24(14-8-21)31(35,36)37/h5-16,26,28H,3-4,17-19H2,1-2H3,(H,40,41)/t26?,28-/m0/s1. The number of rotatable bonds is 13. The van der Waals surface area contributed by atoms with Crippen LogP contribution in [0.5, 0.6) is 5.75 Å². The van der Waals surface area contributed by atoms with Gasteiger partial charge in [-0.2, -0.15) is 26.3 Å². The molecule has 1 amide bonds. The number of hydrogen-bond acceptors (Lipinski definition) is 4. The summed E-state index contributed by atoms with van der Waals surface area (Å²) in [5.74, 6) is -1.76. The molecule has 1 N–H and O–H groups in total. The van der Waals surface area contributed by atoms with Crippen molar-refractivity contribution in [3.8, 4) is 5.75 Å². The quantitative estimate of drug-likeness (QED) is 0.205. The second-order valence-electron chi connectivity index (χ2n) is 9.73. The van der Waals surface area contributed by atoms with Gasteiger partial charge in [0.2, 0.25) is 0 Å². The average molecular weight is 612 g/mol. The lowest BCUT2D eigenvalue weighted by atomic mass is 9.91. The molecule has 12 heteroatoms. The molecule has 1 unspecified atom stereocenters. The van der Waals surface area contributed by atoms with Crippen LogP contribution in [-0.2, 0) is 39.8 Å². The highest BCUT2D eigenvalue weighted by molar-refractivity contribution is 5.78. The second kappa shape index (κ2) is 14.4. The van der Waals surface area contributed by atoms with E-state index < -0.39 is 54.0 Å². The van der Waals surface area contributed by atoms with E-state index in [1.54, 1.807) is 31.2 Å². The fourth-order valence-electron chi connectivity index (χ4n) is 4.48. The van der Waals surface area contributed by atoms with Crippen molar-refractivity contribution in [1.82, 2.24) is 4.90 Å². The van der Waals surface area contributed by atoms with E-state index in [-0.39, 0.29) is 19.7 Å². The second-order valence-corrected chi connectivity index (χ2v) is 9.73. The molecule has 43 heavy (non-hydrogen) atoms. The molecule has 0 aliphatic heterocycles. The lowest BCUT2D eigenvalue weighted by molar-refractivity contribution is -0.151. The molecule has 0 saturated carbocycles. The fourth-order valence-corrected chi connectivity index (χ4v) is 4.48. The third kappa shape index (κ3) is 9.47. The molecule has 0 radical (unpaired) electrons. The van der Waals surface area contributed by atoms with E-state index in [2.05, 4.69) is 0 Å². The Morgan fingerprint density at radius 2 is 1.23 bits per heavy atom. The Balaban J connectivity index is 1.75. The number of carboxylic acids is 1. The number of hydrogen-bond donors (Lipinski definition) is 1. The zero-order valence-electron chi connectivity index (χ0n) is 23.4. The first-order chi connectivity index (χ1) is 20.2. The number of halogens is 6. The summed E-state index contributed by atoms with van der Waals surface area (Å²) in [6, 6.07) is 15.0. The molecule has 2 atom stereocenters. The van der Waals surface area contributed by atoms with Crippen LogP contribution in [0.1, 0.15) is 54.0 Å². The molecule has 0 aliphatic rings. The molecule has 0 bridgehead atoms. The summed E-state index contributed by atoms with van der Waals surface area (Å²) in [5.41, 5.74) is -0.251. The molecule has 0 saturated heterocycles. The minimum absolute atomic E-state index is 0.119. The summed E-state index contributed by atoms with van der Waals surface area (Å²) in [6.45, 7) is 3.07. The Bertz CT molecular complexity index is 1280. The number of benzene rings is 3. The van der Waals surface area contributed by atoms with Crippen LogP contribution in [0.2, 0.25) is 0 Å². The van der Waals surface area contributed by atoms with Gasteiger partial charge in [0.1, 0.15) is 5.75 Å². The predicted molar refractivity (Wildman–Crippen MR) is 145 cm³/mol. The summed E-state index contributed by atoms with van der Waals surface area (Å²) in [4.78, 5) is 26.1. The number of carbonyl (C=O) groups excluding carboxylic acids is 1. The summed E-state index contributed by atoms with van der Waals surface area (Å²) in [5, 5.41) is 9.54. The number of aliphatic carboxylic acids is 1. The van der Waals surface area contributed by atoms with E-state index in [0.29, 0.717) is 28.9 Å². The number of carbonyl (C=O) groups is 2. The summed E-state index contributed by atoms with van der Waals surface area (Å²) in [6.07, 6.45) is -9.61. The van der Waals surface area contributed by atoms with Crippen molar-refractivity contribution >= 4 is 11.9 Å². The molecule has 232 valence electrons. The van der Waals surface area contributed by atoms with Crippen molar-refractivity contribution in [2.45, 2.75) is 57.7 Å².